The van der Waals surface area contributed by atoms with Crippen LogP contribution in [0.5, 0.6) is 0 Å². The molecule has 0 saturated heterocycles. The van der Waals surface area contributed by atoms with Gasteiger partial charge in [0.25, 0.3) is 0 Å². The van der Waals surface area contributed by atoms with Crippen molar-refractivity contribution in [2.24, 2.45) is 0 Å². The maximum Gasteiger partial charge on any atom is 0.0931 e. The van der Waals surface area contributed by atoms with Crippen LogP contribution < -0.4 is 5.06 Å². The second-order valence-corrected chi connectivity index (χ2v) is 3.94. The van der Waals surface area contributed by atoms with Gasteiger partial charge in [-0.25, -0.2) is 5.06 Å². The zero-order valence-electron chi connectivity index (χ0n) is 8.69. The molecule has 1 aliphatic heterocycles. The normalized spacial score (nSPS) is 20.7. The molecule has 15 heavy (non-hydrogen) atoms. The number of hydroxylamine groups is 1. The summed E-state index contributed by atoms with van der Waals surface area (Å²) >= 11 is 5.85. The van der Waals surface area contributed by atoms with Gasteiger partial charge < -0.3 is 0 Å². The average Bonchev–Trinajstić information content (AvgIpc) is 2.30. The number of benzene rings is 1. The van der Waals surface area contributed by atoms with Crippen molar-refractivity contribution in [1.82, 2.24) is 0 Å². The van der Waals surface area contributed by atoms with E-state index in [0.29, 0.717) is 12.6 Å². The fraction of sp³-hybridized carbons (Fsp3) is 0.333. The number of nitrogens with zero attached hydrogens (tertiary/aromatic N) is 1. The first kappa shape index (κ1) is 10.5. The fourth-order valence-electron chi connectivity index (χ4n) is 1.67. The predicted molar refractivity (Wildman–Crippen MR) is 63.1 cm³/mol. The van der Waals surface area contributed by atoms with Crippen molar-refractivity contribution < 1.29 is 4.84 Å². The van der Waals surface area contributed by atoms with Crippen LogP contribution in [-0.2, 0) is 4.84 Å². The van der Waals surface area contributed by atoms with Crippen LogP contribution in [0, 0.1) is 0 Å². The quantitative estimate of drug-likeness (QED) is 0.713. The van der Waals surface area contributed by atoms with Gasteiger partial charge >= 0.3 is 0 Å². The average molecular weight is 224 g/mol. The summed E-state index contributed by atoms with van der Waals surface area (Å²) in [6.45, 7) is 2.78. The monoisotopic (exact) mass is 223 g/mol. The maximum atomic E-state index is 5.85. The number of halogens is 1. The summed E-state index contributed by atoms with van der Waals surface area (Å²) in [5, 5.41) is 2.69. The molecule has 1 aliphatic rings. The van der Waals surface area contributed by atoms with Crippen LogP contribution in [0.15, 0.2) is 36.4 Å². The van der Waals surface area contributed by atoms with E-state index in [1.165, 1.54) is 0 Å². The van der Waals surface area contributed by atoms with E-state index in [0.717, 1.165) is 17.1 Å². The molecule has 1 unspecified atom stereocenters. The Balaban J connectivity index is 2.22. The van der Waals surface area contributed by atoms with Crippen LogP contribution in [0.3, 0.4) is 0 Å². The van der Waals surface area contributed by atoms with Crippen molar-refractivity contribution in [3.05, 3.63) is 41.4 Å². The number of hydrogen-bond acceptors (Lipinski definition) is 2. The highest BCUT2D eigenvalue weighted by Gasteiger charge is 2.18. The molecule has 1 aromatic carbocycles. The Kier molecular flexibility index (Phi) is 3.29. The lowest BCUT2D eigenvalue weighted by Gasteiger charge is -2.32. The molecule has 0 aliphatic carbocycles. The summed E-state index contributed by atoms with van der Waals surface area (Å²) in [5.74, 6) is 0. The molecule has 0 amide bonds. The number of anilines is 1. The molecule has 2 rings (SSSR count). The Hall–Kier alpha value is -0.990. The molecule has 1 aromatic rings. The van der Waals surface area contributed by atoms with E-state index in [9.17, 15) is 0 Å². The third-order valence-corrected chi connectivity index (χ3v) is 2.72. The summed E-state index contributed by atoms with van der Waals surface area (Å²) in [7, 11) is 0. The van der Waals surface area contributed by atoms with Gasteiger partial charge in [-0.05, 0) is 30.7 Å². The van der Waals surface area contributed by atoms with E-state index in [4.69, 9.17) is 16.4 Å². The Morgan fingerprint density at radius 3 is 2.80 bits per heavy atom. The zero-order chi connectivity index (χ0) is 10.7. The molecule has 0 spiro atoms. The van der Waals surface area contributed by atoms with Crippen LogP contribution in [0.4, 0.5) is 5.69 Å². The molecule has 80 valence electrons. The lowest BCUT2D eigenvalue weighted by molar-refractivity contribution is 0.108. The van der Waals surface area contributed by atoms with E-state index in [1.807, 2.05) is 29.3 Å². The van der Waals surface area contributed by atoms with E-state index >= 15 is 0 Å². The van der Waals surface area contributed by atoms with Gasteiger partial charge in [-0.3, -0.25) is 4.84 Å². The highest BCUT2D eigenvalue weighted by Crippen LogP contribution is 2.23. The smallest absolute Gasteiger partial charge is 0.0931 e. The molecule has 2 nitrogen and oxygen atoms in total. The molecular formula is C12H14ClNO. The van der Waals surface area contributed by atoms with Gasteiger partial charge in [0.15, 0.2) is 0 Å². The van der Waals surface area contributed by atoms with Crippen molar-refractivity contribution in [2.75, 3.05) is 11.7 Å². The second-order valence-electron chi connectivity index (χ2n) is 3.50. The predicted octanol–water partition coefficient (Wildman–Crippen LogP) is 3.43. The number of hydrogen-bond donors (Lipinski definition) is 0. The topological polar surface area (TPSA) is 12.5 Å². The zero-order valence-corrected chi connectivity index (χ0v) is 9.45. The highest BCUT2D eigenvalue weighted by atomic mass is 35.5. The van der Waals surface area contributed by atoms with E-state index in [1.54, 1.807) is 0 Å². The minimum atomic E-state index is 0.319. The third-order valence-electron chi connectivity index (χ3n) is 2.47. The Labute approximate surface area is 95.1 Å². The van der Waals surface area contributed by atoms with Gasteiger partial charge in [-0.1, -0.05) is 30.7 Å². The molecule has 0 fully saturated rings. The van der Waals surface area contributed by atoms with Gasteiger partial charge in [0, 0.05) is 5.02 Å². The SMILES string of the molecule is CCC1C=CCON1c1ccc(Cl)cc1. The molecular weight excluding hydrogens is 210 g/mol. The molecule has 0 bridgehead atoms. The van der Waals surface area contributed by atoms with Gasteiger partial charge in [0.05, 0.1) is 18.3 Å². The number of rotatable bonds is 2. The molecule has 0 N–H and O–H groups in total. The first-order valence-electron chi connectivity index (χ1n) is 5.15. The Bertz CT molecular complexity index is 347. The lowest BCUT2D eigenvalue weighted by atomic mass is 10.1. The lowest BCUT2D eigenvalue weighted by Crippen LogP contribution is -2.36. The summed E-state index contributed by atoms with van der Waals surface area (Å²) in [6, 6.07) is 8.03. The van der Waals surface area contributed by atoms with Crippen LogP contribution >= 0.6 is 11.6 Å². The van der Waals surface area contributed by atoms with Gasteiger partial charge in [0.1, 0.15) is 0 Å². The van der Waals surface area contributed by atoms with Crippen molar-refractivity contribution in [3.63, 3.8) is 0 Å². The summed E-state index contributed by atoms with van der Waals surface area (Å²) in [5.41, 5.74) is 1.05. The van der Waals surface area contributed by atoms with Gasteiger partial charge in [-0.2, -0.15) is 0 Å². The summed E-state index contributed by atoms with van der Waals surface area (Å²) in [6.07, 6.45) is 5.26. The summed E-state index contributed by atoms with van der Waals surface area (Å²) in [4.78, 5) is 5.61. The highest BCUT2D eigenvalue weighted by molar-refractivity contribution is 6.30. The fourth-order valence-corrected chi connectivity index (χ4v) is 1.79. The molecule has 0 saturated carbocycles. The summed E-state index contributed by atoms with van der Waals surface area (Å²) < 4.78 is 0. The van der Waals surface area contributed by atoms with Gasteiger partial charge in [-0.15, -0.1) is 0 Å². The van der Waals surface area contributed by atoms with Crippen LogP contribution in [-0.4, -0.2) is 12.6 Å². The third kappa shape index (κ3) is 2.33. The largest absolute Gasteiger partial charge is 0.269 e. The minimum Gasteiger partial charge on any atom is -0.269 e. The van der Waals surface area contributed by atoms with Crippen molar-refractivity contribution in [2.45, 2.75) is 19.4 Å². The van der Waals surface area contributed by atoms with Crippen LogP contribution in [0.25, 0.3) is 0 Å². The van der Waals surface area contributed by atoms with Crippen molar-refractivity contribution in [1.29, 1.82) is 0 Å². The second kappa shape index (κ2) is 4.69. The standard InChI is InChI=1S/C12H14ClNO/c1-2-11-4-3-9-15-14(11)12-7-5-10(13)6-8-12/h3-8,11H,2,9H2,1H3. The van der Waals surface area contributed by atoms with Crippen molar-refractivity contribution >= 4 is 17.3 Å². The van der Waals surface area contributed by atoms with E-state index in [-0.39, 0.29) is 0 Å². The van der Waals surface area contributed by atoms with Crippen LogP contribution in [0.2, 0.25) is 5.02 Å². The molecule has 3 heteroatoms. The van der Waals surface area contributed by atoms with E-state index in [2.05, 4.69) is 19.1 Å². The molecule has 1 atom stereocenters. The van der Waals surface area contributed by atoms with Gasteiger partial charge in [0.2, 0.25) is 0 Å². The molecule has 0 aromatic heterocycles. The molecule has 1 heterocycles. The van der Waals surface area contributed by atoms with Crippen LogP contribution in [0.1, 0.15) is 13.3 Å². The Morgan fingerprint density at radius 1 is 1.40 bits per heavy atom. The minimum absolute atomic E-state index is 0.319. The maximum absolute atomic E-state index is 5.85. The first-order valence-corrected chi connectivity index (χ1v) is 5.53. The van der Waals surface area contributed by atoms with E-state index < -0.39 is 0 Å². The molecule has 0 radical (unpaired) electrons. The first-order chi connectivity index (χ1) is 7.31. The Morgan fingerprint density at radius 2 is 2.13 bits per heavy atom. The van der Waals surface area contributed by atoms with Crippen molar-refractivity contribution in [3.8, 4) is 0 Å².